The monoisotopic (exact) mass is 674 g/mol. The Bertz CT molecular complexity index is 2270. The summed E-state index contributed by atoms with van der Waals surface area (Å²) in [6, 6.07) is 18.4. The molecule has 4 aromatic carbocycles. The molecule has 0 unspecified atom stereocenters. The Labute approximate surface area is 287 Å². The van der Waals surface area contributed by atoms with Crippen LogP contribution in [0, 0.1) is 10.1 Å². The predicted octanol–water partition coefficient (Wildman–Crippen LogP) is 6.17. The van der Waals surface area contributed by atoms with Gasteiger partial charge < -0.3 is 34.5 Å². The van der Waals surface area contributed by atoms with Gasteiger partial charge in [-0.1, -0.05) is 12.1 Å². The van der Waals surface area contributed by atoms with Crippen LogP contribution < -0.4 is 34.5 Å². The van der Waals surface area contributed by atoms with E-state index in [0.717, 1.165) is 64.1 Å². The van der Waals surface area contributed by atoms with Crippen LogP contribution in [0.5, 0.6) is 23.0 Å². The molecule has 2 aliphatic heterocycles. The van der Waals surface area contributed by atoms with E-state index in [0.29, 0.717) is 40.9 Å². The summed E-state index contributed by atoms with van der Waals surface area (Å²) < 4.78 is 21.5. The molecule has 2 aliphatic rings. The molecule has 0 saturated carbocycles. The number of hydrogen-bond donors (Lipinski definition) is 1. The van der Waals surface area contributed by atoms with Crippen LogP contribution in [0.3, 0.4) is 0 Å². The molecule has 14 nitrogen and oxygen atoms in total. The van der Waals surface area contributed by atoms with Crippen molar-refractivity contribution in [2.45, 2.75) is 12.8 Å². The topological polar surface area (TPSA) is 164 Å². The third-order valence-electron chi connectivity index (χ3n) is 8.93. The van der Waals surface area contributed by atoms with Gasteiger partial charge in [0.15, 0.2) is 23.0 Å². The zero-order valence-electron chi connectivity index (χ0n) is 27.9. The molecule has 254 valence electrons. The Hall–Kier alpha value is -6.44. The van der Waals surface area contributed by atoms with Gasteiger partial charge in [-0.2, -0.15) is 0 Å². The number of nitrogens with zero attached hydrogens (tertiary/aromatic N) is 7. The fourth-order valence-corrected chi connectivity index (χ4v) is 6.49. The van der Waals surface area contributed by atoms with Gasteiger partial charge in [-0.15, -0.1) is 0 Å². The number of non-ortho nitro benzene ring substituents is 1. The van der Waals surface area contributed by atoms with Crippen LogP contribution in [-0.2, 0) is 12.8 Å². The summed E-state index contributed by atoms with van der Waals surface area (Å²) in [7, 11) is 6.38. The third-order valence-corrected chi connectivity index (χ3v) is 8.93. The van der Waals surface area contributed by atoms with Gasteiger partial charge in [0.25, 0.3) is 5.69 Å². The Morgan fingerprint density at radius 1 is 0.640 bits per heavy atom. The Morgan fingerprint density at radius 3 is 1.58 bits per heavy atom. The summed E-state index contributed by atoms with van der Waals surface area (Å²) >= 11 is 0. The summed E-state index contributed by atoms with van der Waals surface area (Å²) in [4.78, 5) is 32.6. The number of nitro groups is 1. The summed E-state index contributed by atoms with van der Waals surface area (Å²) in [6.45, 7) is 1.55. The molecule has 0 bridgehead atoms. The number of ether oxygens (including phenoxy) is 4. The quantitative estimate of drug-likeness (QED) is 0.116. The van der Waals surface area contributed by atoms with E-state index >= 15 is 0 Å². The minimum Gasteiger partial charge on any atom is -0.493 e. The second-order valence-corrected chi connectivity index (χ2v) is 11.6. The molecule has 2 aromatic heterocycles. The molecule has 50 heavy (non-hydrogen) atoms. The normalized spacial score (nSPS) is 13.0. The van der Waals surface area contributed by atoms with E-state index in [1.165, 1.54) is 18.0 Å². The standard InChI is InChI=1S/C18H16N4O4.C18H18N4O2/c1-25-16-8-13-14(9-17(16)26-2)19-10-20-18(13)21-6-5-11-3-4-12(22(23)24)7-15(11)21;1-23-16-8-13-14(9-17(16)24-2)20-10-21-18(13)22-6-5-11-3-4-12(19)7-15(11)22/h3-4,7-10H,5-6H2,1-2H3;3-4,7-10H,5-6,19H2,1-2H3. The number of nitrogens with two attached hydrogens (primary N) is 1. The number of hydrogen-bond acceptors (Lipinski definition) is 13. The van der Waals surface area contributed by atoms with Crippen molar-refractivity contribution in [2.75, 3.05) is 57.1 Å². The average Bonchev–Trinajstić information content (AvgIpc) is 3.77. The third kappa shape index (κ3) is 5.70. The van der Waals surface area contributed by atoms with Crippen LogP contribution in [0.15, 0.2) is 73.3 Å². The highest BCUT2D eigenvalue weighted by molar-refractivity contribution is 5.96. The fraction of sp³-hybridized carbons (Fsp3) is 0.222. The van der Waals surface area contributed by atoms with Gasteiger partial charge in [-0.3, -0.25) is 10.1 Å². The van der Waals surface area contributed by atoms with E-state index in [-0.39, 0.29) is 10.6 Å². The maximum Gasteiger partial charge on any atom is 0.271 e. The zero-order valence-corrected chi connectivity index (χ0v) is 27.9. The van der Waals surface area contributed by atoms with Crippen LogP contribution in [0.4, 0.5) is 34.4 Å². The SMILES string of the molecule is COc1cc2ncnc(N3CCc4ccc(N)cc43)c2cc1OC.COc1cc2ncnc(N3CCc4ccc([N+](=O)[O-])cc43)c2cc1OC. The number of aromatic nitrogens is 4. The number of fused-ring (bicyclic) bond motifs is 4. The van der Waals surface area contributed by atoms with Crippen molar-refractivity contribution in [3.8, 4) is 23.0 Å². The maximum absolute atomic E-state index is 11.1. The maximum atomic E-state index is 11.1. The second kappa shape index (κ2) is 13.2. The molecule has 0 atom stereocenters. The van der Waals surface area contributed by atoms with Crippen LogP contribution in [0.1, 0.15) is 11.1 Å². The molecule has 14 heteroatoms. The molecule has 0 radical (unpaired) electrons. The van der Waals surface area contributed by atoms with Crippen molar-refractivity contribution in [2.24, 2.45) is 0 Å². The Morgan fingerprint density at radius 2 is 1.10 bits per heavy atom. The van der Waals surface area contributed by atoms with Gasteiger partial charge in [0.05, 0.1) is 50.1 Å². The lowest BCUT2D eigenvalue weighted by atomic mass is 10.1. The minimum absolute atomic E-state index is 0.0632. The Balaban J connectivity index is 0.000000157. The van der Waals surface area contributed by atoms with Crippen molar-refractivity contribution in [1.29, 1.82) is 0 Å². The first-order valence-corrected chi connectivity index (χ1v) is 15.8. The van der Waals surface area contributed by atoms with Crippen molar-refractivity contribution >= 4 is 56.2 Å². The van der Waals surface area contributed by atoms with Crippen molar-refractivity contribution < 1.29 is 23.9 Å². The van der Waals surface area contributed by atoms with Gasteiger partial charge in [0, 0.05) is 59.5 Å². The van der Waals surface area contributed by atoms with Crippen LogP contribution in [-0.4, -0.2) is 66.4 Å². The highest BCUT2D eigenvalue weighted by Crippen LogP contribution is 2.42. The summed E-state index contributed by atoms with van der Waals surface area (Å²) in [5.74, 6) is 4.02. The van der Waals surface area contributed by atoms with Crippen molar-refractivity contribution in [3.63, 3.8) is 0 Å². The van der Waals surface area contributed by atoms with Crippen LogP contribution in [0.25, 0.3) is 21.8 Å². The van der Waals surface area contributed by atoms with Gasteiger partial charge in [0.2, 0.25) is 0 Å². The van der Waals surface area contributed by atoms with Gasteiger partial charge in [0.1, 0.15) is 24.3 Å². The highest BCUT2D eigenvalue weighted by atomic mass is 16.6. The molecular formula is C36H34N8O6. The number of methoxy groups -OCH3 is 4. The largest absolute Gasteiger partial charge is 0.493 e. The first-order chi connectivity index (χ1) is 24.3. The van der Waals surface area contributed by atoms with E-state index in [9.17, 15) is 10.1 Å². The van der Waals surface area contributed by atoms with Crippen LogP contribution in [0.2, 0.25) is 0 Å². The minimum atomic E-state index is -0.386. The molecule has 0 spiro atoms. The van der Waals surface area contributed by atoms with Gasteiger partial charge in [-0.25, -0.2) is 19.9 Å². The smallest absolute Gasteiger partial charge is 0.271 e. The zero-order chi connectivity index (χ0) is 34.9. The lowest BCUT2D eigenvalue weighted by Crippen LogP contribution is -2.15. The predicted molar refractivity (Wildman–Crippen MR) is 191 cm³/mol. The molecule has 0 aliphatic carbocycles. The lowest BCUT2D eigenvalue weighted by Gasteiger charge is -2.20. The summed E-state index contributed by atoms with van der Waals surface area (Å²) in [5, 5.41) is 12.9. The van der Waals surface area contributed by atoms with Gasteiger partial charge in [-0.05, 0) is 48.2 Å². The van der Waals surface area contributed by atoms with E-state index in [2.05, 4.69) is 30.9 Å². The number of anilines is 5. The second-order valence-electron chi connectivity index (χ2n) is 11.6. The average molecular weight is 675 g/mol. The lowest BCUT2D eigenvalue weighted by molar-refractivity contribution is -0.384. The first kappa shape index (κ1) is 32.1. The molecule has 0 saturated heterocycles. The molecule has 4 heterocycles. The number of nitrogen functional groups attached to an aromatic ring is 1. The molecule has 0 fully saturated rings. The van der Waals surface area contributed by atoms with E-state index in [1.807, 2.05) is 35.2 Å². The Kier molecular flexibility index (Phi) is 8.50. The van der Waals surface area contributed by atoms with Gasteiger partial charge >= 0.3 is 0 Å². The molecule has 0 amide bonds. The van der Waals surface area contributed by atoms with E-state index in [1.54, 1.807) is 53.0 Å². The number of benzene rings is 4. The van der Waals surface area contributed by atoms with E-state index in [4.69, 9.17) is 24.7 Å². The van der Waals surface area contributed by atoms with Crippen LogP contribution >= 0.6 is 0 Å². The van der Waals surface area contributed by atoms with Crippen molar-refractivity contribution in [3.05, 3.63) is 94.6 Å². The molecule has 2 N–H and O–H groups in total. The van der Waals surface area contributed by atoms with E-state index < -0.39 is 0 Å². The fourth-order valence-electron chi connectivity index (χ4n) is 6.49. The molecule has 6 aromatic rings. The number of nitro benzene ring substituents is 1. The highest BCUT2D eigenvalue weighted by Gasteiger charge is 2.27. The number of rotatable bonds is 7. The summed E-state index contributed by atoms with van der Waals surface area (Å²) in [6.07, 6.45) is 4.83. The molecule has 8 rings (SSSR count). The first-order valence-electron chi connectivity index (χ1n) is 15.8. The molecular weight excluding hydrogens is 640 g/mol. The summed E-state index contributed by atoms with van der Waals surface area (Å²) in [5.41, 5.74) is 12.5. The van der Waals surface area contributed by atoms with Crippen molar-refractivity contribution in [1.82, 2.24) is 19.9 Å².